The summed E-state index contributed by atoms with van der Waals surface area (Å²) in [6.45, 7) is 8.18. The van der Waals surface area contributed by atoms with Crippen LogP contribution in [-0.2, 0) is 0 Å². The molecule has 4 nitrogen and oxygen atoms in total. The maximum Gasteiger partial charge on any atom is 0.0754 e. The summed E-state index contributed by atoms with van der Waals surface area (Å²) in [6, 6.07) is 0. The molecule has 1 aliphatic rings. The predicted molar refractivity (Wildman–Crippen MR) is 40.8 cm³/mol. The van der Waals surface area contributed by atoms with E-state index in [0.717, 1.165) is 26.4 Å². The van der Waals surface area contributed by atoms with Crippen LogP contribution in [0.3, 0.4) is 0 Å². The first-order chi connectivity index (χ1) is 4.86. The SMILES string of the molecule is CCN1CNN(CC)CN1. The van der Waals surface area contributed by atoms with Crippen LogP contribution in [0.4, 0.5) is 0 Å². The minimum atomic E-state index is 0.907. The second kappa shape index (κ2) is 3.88. The van der Waals surface area contributed by atoms with Crippen LogP contribution in [0.15, 0.2) is 0 Å². The molecule has 0 saturated carbocycles. The van der Waals surface area contributed by atoms with E-state index in [9.17, 15) is 0 Å². The zero-order chi connectivity index (χ0) is 7.40. The van der Waals surface area contributed by atoms with E-state index in [-0.39, 0.29) is 0 Å². The summed E-state index contributed by atoms with van der Waals surface area (Å²) in [7, 11) is 0. The van der Waals surface area contributed by atoms with Crippen molar-refractivity contribution in [2.75, 3.05) is 26.4 Å². The highest BCUT2D eigenvalue weighted by Crippen LogP contribution is 1.88. The van der Waals surface area contributed by atoms with Gasteiger partial charge in [0.05, 0.1) is 13.3 Å². The molecule has 10 heavy (non-hydrogen) atoms. The van der Waals surface area contributed by atoms with Crippen molar-refractivity contribution in [1.29, 1.82) is 0 Å². The standard InChI is InChI=1S/C6H16N4/c1-3-9-5-8-10(4-2)6-7-9/h7-8H,3-6H2,1-2H3. The molecular weight excluding hydrogens is 128 g/mol. The van der Waals surface area contributed by atoms with Gasteiger partial charge in [-0.25, -0.2) is 20.9 Å². The molecule has 0 aromatic rings. The van der Waals surface area contributed by atoms with Crippen LogP contribution in [0.25, 0.3) is 0 Å². The lowest BCUT2D eigenvalue weighted by atomic mass is 10.6. The molecule has 0 spiro atoms. The van der Waals surface area contributed by atoms with Gasteiger partial charge in [0.15, 0.2) is 0 Å². The molecule has 2 N–H and O–H groups in total. The van der Waals surface area contributed by atoms with Gasteiger partial charge in [-0.3, -0.25) is 0 Å². The van der Waals surface area contributed by atoms with E-state index in [0.29, 0.717) is 0 Å². The first kappa shape index (κ1) is 7.94. The van der Waals surface area contributed by atoms with Crippen molar-refractivity contribution >= 4 is 0 Å². The molecule has 60 valence electrons. The summed E-state index contributed by atoms with van der Waals surface area (Å²) < 4.78 is 0. The van der Waals surface area contributed by atoms with Gasteiger partial charge >= 0.3 is 0 Å². The van der Waals surface area contributed by atoms with Crippen LogP contribution in [-0.4, -0.2) is 36.4 Å². The van der Waals surface area contributed by atoms with Crippen LogP contribution in [0, 0.1) is 0 Å². The third-order valence-electron chi connectivity index (χ3n) is 1.73. The Morgan fingerprint density at radius 2 is 1.40 bits per heavy atom. The average Bonchev–Trinajstić information content (AvgIpc) is 2.05. The van der Waals surface area contributed by atoms with Gasteiger partial charge in [0.2, 0.25) is 0 Å². The third kappa shape index (κ3) is 1.91. The highest BCUT2D eigenvalue weighted by Gasteiger charge is 2.10. The Labute approximate surface area is 62.1 Å². The maximum atomic E-state index is 3.27. The molecule has 0 aromatic heterocycles. The summed E-state index contributed by atoms with van der Waals surface area (Å²) in [5, 5.41) is 4.29. The molecule has 0 aromatic carbocycles. The number of hydrogen-bond acceptors (Lipinski definition) is 4. The van der Waals surface area contributed by atoms with Gasteiger partial charge in [-0.05, 0) is 0 Å². The number of hydrazine groups is 2. The van der Waals surface area contributed by atoms with Gasteiger partial charge in [0.1, 0.15) is 0 Å². The molecule has 0 atom stereocenters. The molecule has 0 amide bonds. The van der Waals surface area contributed by atoms with E-state index in [1.54, 1.807) is 0 Å². The fraction of sp³-hybridized carbons (Fsp3) is 1.00. The van der Waals surface area contributed by atoms with Crippen LogP contribution in [0.2, 0.25) is 0 Å². The summed E-state index contributed by atoms with van der Waals surface area (Å²) in [4.78, 5) is 0. The summed E-state index contributed by atoms with van der Waals surface area (Å²) in [5.74, 6) is 0. The summed E-state index contributed by atoms with van der Waals surface area (Å²) in [5.41, 5.74) is 6.53. The topological polar surface area (TPSA) is 30.5 Å². The molecule has 1 fully saturated rings. The van der Waals surface area contributed by atoms with Crippen molar-refractivity contribution < 1.29 is 0 Å². The van der Waals surface area contributed by atoms with Crippen LogP contribution < -0.4 is 10.9 Å². The molecule has 1 saturated heterocycles. The van der Waals surface area contributed by atoms with E-state index >= 15 is 0 Å². The lowest BCUT2D eigenvalue weighted by Gasteiger charge is -2.34. The number of hydrogen-bond donors (Lipinski definition) is 2. The van der Waals surface area contributed by atoms with Crippen molar-refractivity contribution in [2.24, 2.45) is 0 Å². The van der Waals surface area contributed by atoms with Crippen LogP contribution in [0.1, 0.15) is 13.8 Å². The second-order valence-corrected chi connectivity index (χ2v) is 2.34. The van der Waals surface area contributed by atoms with Crippen LogP contribution >= 0.6 is 0 Å². The molecule has 0 aliphatic carbocycles. The lowest BCUT2D eigenvalue weighted by molar-refractivity contribution is 0.0121. The second-order valence-electron chi connectivity index (χ2n) is 2.34. The number of rotatable bonds is 2. The normalized spacial score (nSPS) is 23.4. The Morgan fingerprint density at radius 1 is 1.00 bits per heavy atom. The summed E-state index contributed by atoms with van der Waals surface area (Å²) >= 11 is 0. The Bertz CT molecular complexity index is 75.7. The van der Waals surface area contributed by atoms with E-state index < -0.39 is 0 Å². The predicted octanol–water partition coefficient (Wildman–Crippen LogP) is -0.432. The fourth-order valence-electron chi connectivity index (χ4n) is 0.930. The van der Waals surface area contributed by atoms with E-state index in [2.05, 4.69) is 34.7 Å². The molecule has 0 unspecified atom stereocenters. The molecule has 1 aliphatic heterocycles. The highest BCUT2D eigenvalue weighted by molar-refractivity contribution is 4.54. The summed E-state index contributed by atoms with van der Waals surface area (Å²) in [6.07, 6.45) is 0. The first-order valence-electron chi connectivity index (χ1n) is 3.83. The Morgan fingerprint density at radius 3 is 1.60 bits per heavy atom. The fourth-order valence-corrected chi connectivity index (χ4v) is 0.930. The zero-order valence-corrected chi connectivity index (χ0v) is 6.72. The van der Waals surface area contributed by atoms with Gasteiger partial charge in [-0.15, -0.1) is 0 Å². The van der Waals surface area contributed by atoms with Crippen molar-refractivity contribution in [2.45, 2.75) is 13.8 Å². The Kier molecular flexibility index (Phi) is 3.08. The van der Waals surface area contributed by atoms with Gasteiger partial charge in [0.25, 0.3) is 0 Å². The van der Waals surface area contributed by atoms with Crippen molar-refractivity contribution in [1.82, 2.24) is 20.9 Å². The Hall–Kier alpha value is -0.160. The Balaban J connectivity index is 2.17. The quantitative estimate of drug-likeness (QED) is 0.550. The average molecular weight is 144 g/mol. The minimum absolute atomic E-state index is 0.907. The third-order valence-corrected chi connectivity index (χ3v) is 1.73. The molecule has 0 bridgehead atoms. The van der Waals surface area contributed by atoms with E-state index in [1.807, 2.05) is 0 Å². The largest absolute Gasteiger partial charge is 0.238 e. The minimum Gasteiger partial charge on any atom is -0.238 e. The molecule has 0 radical (unpaired) electrons. The number of nitrogens with zero attached hydrogens (tertiary/aromatic N) is 2. The number of nitrogens with one attached hydrogen (secondary N) is 2. The lowest BCUT2D eigenvalue weighted by Crippen LogP contribution is -2.60. The highest BCUT2D eigenvalue weighted by atomic mass is 15.7. The van der Waals surface area contributed by atoms with Gasteiger partial charge in [0, 0.05) is 13.1 Å². The molecule has 1 heterocycles. The van der Waals surface area contributed by atoms with Gasteiger partial charge in [-0.2, -0.15) is 0 Å². The van der Waals surface area contributed by atoms with Gasteiger partial charge < -0.3 is 0 Å². The van der Waals surface area contributed by atoms with Crippen molar-refractivity contribution in [3.8, 4) is 0 Å². The van der Waals surface area contributed by atoms with Crippen molar-refractivity contribution in [3.05, 3.63) is 0 Å². The monoisotopic (exact) mass is 144 g/mol. The van der Waals surface area contributed by atoms with E-state index in [1.165, 1.54) is 0 Å². The van der Waals surface area contributed by atoms with E-state index in [4.69, 9.17) is 0 Å². The van der Waals surface area contributed by atoms with Crippen molar-refractivity contribution in [3.63, 3.8) is 0 Å². The maximum absolute atomic E-state index is 3.27. The molecular formula is C6H16N4. The zero-order valence-electron chi connectivity index (χ0n) is 6.72. The first-order valence-corrected chi connectivity index (χ1v) is 3.83. The van der Waals surface area contributed by atoms with Crippen LogP contribution in [0.5, 0.6) is 0 Å². The molecule has 1 rings (SSSR count). The smallest absolute Gasteiger partial charge is 0.0754 e. The molecule has 4 heteroatoms. The van der Waals surface area contributed by atoms with Gasteiger partial charge in [-0.1, -0.05) is 13.8 Å².